The van der Waals surface area contributed by atoms with Gasteiger partial charge in [0.05, 0.1) is 0 Å². The number of thiocarbonyl (C=S) groups is 1. The summed E-state index contributed by atoms with van der Waals surface area (Å²) in [5.74, 6) is 2.60. The second-order valence-electron chi connectivity index (χ2n) is 6.37. The van der Waals surface area contributed by atoms with Gasteiger partial charge in [-0.2, -0.15) is 9.97 Å². The number of nitrogens with one attached hydrogen (secondary N) is 2. The van der Waals surface area contributed by atoms with E-state index in [-0.39, 0.29) is 0 Å². The first-order valence-corrected chi connectivity index (χ1v) is 9.11. The zero-order valence-electron chi connectivity index (χ0n) is 13.9. The van der Waals surface area contributed by atoms with Crippen LogP contribution in [-0.2, 0) is 0 Å². The van der Waals surface area contributed by atoms with Crippen molar-refractivity contribution in [1.29, 1.82) is 0 Å². The van der Waals surface area contributed by atoms with Gasteiger partial charge in [0.15, 0.2) is 5.11 Å². The van der Waals surface area contributed by atoms with Gasteiger partial charge >= 0.3 is 0 Å². The first-order valence-electron chi connectivity index (χ1n) is 8.71. The van der Waals surface area contributed by atoms with E-state index in [0.29, 0.717) is 23.0 Å². The molecule has 0 bridgehead atoms. The van der Waals surface area contributed by atoms with Gasteiger partial charge in [0, 0.05) is 25.2 Å². The molecule has 2 fully saturated rings. The summed E-state index contributed by atoms with van der Waals surface area (Å²) < 4.78 is 5.91. The Balaban J connectivity index is 1.56. The maximum Gasteiger partial charge on any atom is 0.234 e. The normalized spacial score (nSPS) is 16.6. The molecule has 0 atom stereocenters. The standard InChI is InChI=1S/C18H21N5OS/c25-18(19-13-8-9-13)22-17-20-15(23-10-4-5-11-23)12-16(21-17)24-14-6-2-1-3-7-14/h1-3,6-7,12-13H,4-5,8-11H2,(H2,19,20,21,22,25). The molecule has 6 nitrogen and oxygen atoms in total. The Kier molecular flexibility index (Phi) is 4.65. The summed E-state index contributed by atoms with van der Waals surface area (Å²) in [6.45, 7) is 2.01. The van der Waals surface area contributed by atoms with Crippen molar-refractivity contribution >= 4 is 29.1 Å². The molecule has 0 unspecified atom stereocenters. The molecule has 25 heavy (non-hydrogen) atoms. The van der Waals surface area contributed by atoms with Gasteiger partial charge in [-0.25, -0.2) is 0 Å². The van der Waals surface area contributed by atoms with Gasteiger partial charge in [-0.15, -0.1) is 0 Å². The van der Waals surface area contributed by atoms with Crippen LogP contribution in [0.1, 0.15) is 25.7 Å². The van der Waals surface area contributed by atoms with Crippen LogP contribution in [0.5, 0.6) is 11.6 Å². The Labute approximate surface area is 152 Å². The number of ether oxygens (including phenoxy) is 1. The third-order valence-corrected chi connectivity index (χ3v) is 4.44. The van der Waals surface area contributed by atoms with Crippen molar-refractivity contribution < 1.29 is 4.74 Å². The molecule has 2 aliphatic rings. The molecule has 2 aromatic rings. The highest BCUT2D eigenvalue weighted by Gasteiger charge is 2.22. The molecule has 2 N–H and O–H groups in total. The lowest BCUT2D eigenvalue weighted by Gasteiger charge is -2.18. The number of benzene rings is 1. The van der Waals surface area contributed by atoms with E-state index in [0.717, 1.165) is 24.7 Å². The molecule has 130 valence electrons. The highest BCUT2D eigenvalue weighted by atomic mass is 32.1. The van der Waals surface area contributed by atoms with E-state index >= 15 is 0 Å². The average Bonchev–Trinajstić information content (AvgIpc) is 3.24. The predicted octanol–water partition coefficient (Wildman–Crippen LogP) is 3.32. The number of hydrogen-bond donors (Lipinski definition) is 2. The number of nitrogens with zero attached hydrogens (tertiary/aromatic N) is 3. The van der Waals surface area contributed by atoms with Gasteiger partial charge in [0.2, 0.25) is 11.8 Å². The van der Waals surface area contributed by atoms with E-state index in [1.54, 1.807) is 0 Å². The fraction of sp³-hybridized carbons (Fsp3) is 0.389. The largest absolute Gasteiger partial charge is 0.439 e. The zero-order valence-corrected chi connectivity index (χ0v) is 14.8. The molecule has 1 aliphatic carbocycles. The van der Waals surface area contributed by atoms with Gasteiger partial charge in [0.25, 0.3) is 0 Å². The highest BCUT2D eigenvalue weighted by Crippen LogP contribution is 2.27. The molecule has 7 heteroatoms. The van der Waals surface area contributed by atoms with E-state index in [1.807, 2.05) is 36.4 Å². The Hall–Kier alpha value is -2.41. The van der Waals surface area contributed by atoms with Gasteiger partial charge in [0.1, 0.15) is 11.6 Å². The Morgan fingerprint density at radius 2 is 1.88 bits per heavy atom. The molecule has 0 radical (unpaired) electrons. The monoisotopic (exact) mass is 355 g/mol. The zero-order chi connectivity index (χ0) is 17.1. The lowest BCUT2D eigenvalue weighted by Crippen LogP contribution is -2.31. The highest BCUT2D eigenvalue weighted by molar-refractivity contribution is 7.80. The van der Waals surface area contributed by atoms with Crippen LogP contribution in [0.25, 0.3) is 0 Å². The second-order valence-corrected chi connectivity index (χ2v) is 6.78. The van der Waals surface area contributed by atoms with Crippen molar-refractivity contribution in [3.8, 4) is 11.6 Å². The van der Waals surface area contributed by atoms with Crippen LogP contribution in [0.2, 0.25) is 0 Å². The van der Waals surface area contributed by atoms with E-state index in [4.69, 9.17) is 17.0 Å². The fourth-order valence-electron chi connectivity index (χ4n) is 2.79. The van der Waals surface area contributed by atoms with Crippen molar-refractivity contribution in [3.63, 3.8) is 0 Å². The summed E-state index contributed by atoms with van der Waals surface area (Å²) in [7, 11) is 0. The van der Waals surface area contributed by atoms with Crippen LogP contribution in [-0.4, -0.2) is 34.2 Å². The maximum atomic E-state index is 5.91. The van der Waals surface area contributed by atoms with Crippen molar-refractivity contribution in [3.05, 3.63) is 36.4 Å². The summed E-state index contributed by atoms with van der Waals surface area (Å²) in [5, 5.41) is 6.90. The fourth-order valence-corrected chi connectivity index (χ4v) is 3.05. The number of rotatable bonds is 5. The summed E-state index contributed by atoms with van der Waals surface area (Å²) in [6, 6.07) is 12.0. The second kappa shape index (κ2) is 7.23. The van der Waals surface area contributed by atoms with Crippen LogP contribution in [0.4, 0.5) is 11.8 Å². The molecule has 4 rings (SSSR count). The third kappa shape index (κ3) is 4.36. The minimum absolute atomic E-state index is 0.466. The van der Waals surface area contributed by atoms with Gasteiger partial charge < -0.3 is 20.3 Å². The Bertz CT molecular complexity index is 744. The predicted molar refractivity (Wildman–Crippen MR) is 102 cm³/mol. The minimum atomic E-state index is 0.466. The molecule has 0 spiro atoms. The van der Waals surface area contributed by atoms with Crippen LogP contribution in [0.3, 0.4) is 0 Å². The van der Waals surface area contributed by atoms with E-state index < -0.39 is 0 Å². The quantitative estimate of drug-likeness (QED) is 0.798. The lowest BCUT2D eigenvalue weighted by molar-refractivity contribution is 0.462. The molecule has 1 aromatic carbocycles. The molecule has 1 saturated carbocycles. The third-order valence-electron chi connectivity index (χ3n) is 4.22. The number of para-hydroxylation sites is 1. The molecule has 1 aromatic heterocycles. The number of hydrogen-bond acceptors (Lipinski definition) is 5. The Morgan fingerprint density at radius 3 is 2.60 bits per heavy atom. The van der Waals surface area contributed by atoms with Gasteiger partial charge in [-0.1, -0.05) is 18.2 Å². The molecular formula is C18H21N5OS. The van der Waals surface area contributed by atoms with Crippen LogP contribution in [0.15, 0.2) is 36.4 Å². The van der Waals surface area contributed by atoms with Crippen LogP contribution < -0.4 is 20.3 Å². The molecule has 1 aliphatic heterocycles. The van der Waals surface area contributed by atoms with Crippen molar-refractivity contribution in [2.45, 2.75) is 31.7 Å². The van der Waals surface area contributed by atoms with E-state index in [1.165, 1.54) is 25.7 Å². The first-order chi connectivity index (χ1) is 12.3. The SMILES string of the molecule is S=C(Nc1nc(Oc2ccccc2)cc(N2CCCC2)n1)NC1CC1. The van der Waals surface area contributed by atoms with E-state index in [2.05, 4.69) is 25.5 Å². The first kappa shape index (κ1) is 16.1. The van der Waals surface area contributed by atoms with Crippen LogP contribution in [0, 0.1) is 0 Å². The molecular weight excluding hydrogens is 334 g/mol. The smallest absolute Gasteiger partial charge is 0.234 e. The van der Waals surface area contributed by atoms with Crippen molar-refractivity contribution in [2.75, 3.05) is 23.3 Å². The summed E-state index contributed by atoms with van der Waals surface area (Å²) in [4.78, 5) is 11.3. The number of aromatic nitrogens is 2. The van der Waals surface area contributed by atoms with Gasteiger partial charge in [-0.05, 0) is 50.0 Å². The van der Waals surface area contributed by atoms with Crippen LogP contribution >= 0.6 is 12.2 Å². The molecule has 0 amide bonds. The average molecular weight is 355 g/mol. The lowest BCUT2D eigenvalue weighted by atomic mass is 10.3. The molecule has 1 saturated heterocycles. The topological polar surface area (TPSA) is 62.3 Å². The maximum absolute atomic E-state index is 5.91. The van der Waals surface area contributed by atoms with Crippen molar-refractivity contribution in [2.24, 2.45) is 0 Å². The minimum Gasteiger partial charge on any atom is -0.439 e. The van der Waals surface area contributed by atoms with Gasteiger partial charge in [-0.3, -0.25) is 0 Å². The summed E-state index contributed by atoms with van der Waals surface area (Å²) >= 11 is 5.35. The molecule has 2 heterocycles. The number of anilines is 2. The van der Waals surface area contributed by atoms with E-state index in [9.17, 15) is 0 Å². The Morgan fingerprint density at radius 1 is 1.12 bits per heavy atom. The van der Waals surface area contributed by atoms with Crippen molar-refractivity contribution in [1.82, 2.24) is 15.3 Å². The summed E-state index contributed by atoms with van der Waals surface area (Å²) in [6.07, 6.45) is 4.70. The summed E-state index contributed by atoms with van der Waals surface area (Å²) in [5.41, 5.74) is 0.